The van der Waals surface area contributed by atoms with E-state index in [9.17, 15) is 0 Å². The summed E-state index contributed by atoms with van der Waals surface area (Å²) < 4.78 is 5.96. The van der Waals surface area contributed by atoms with Gasteiger partial charge in [0, 0.05) is 27.6 Å². The summed E-state index contributed by atoms with van der Waals surface area (Å²) in [6, 6.07) is 35.2. The van der Waals surface area contributed by atoms with Crippen LogP contribution < -0.4 is 0 Å². The zero-order valence-electron chi connectivity index (χ0n) is 17.6. The van der Waals surface area contributed by atoms with Crippen LogP contribution >= 0.6 is 0 Å². The van der Waals surface area contributed by atoms with Crippen LogP contribution in [0.4, 0.5) is 0 Å². The largest absolute Gasteiger partial charge is 0.456 e. The fraction of sp³-hybridized carbons (Fsp3) is 0.0345. The molecule has 0 fully saturated rings. The fourth-order valence-corrected chi connectivity index (χ4v) is 4.17. The van der Waals surface area contributed by atoms with E-state index in [4.69, 9.17) is 9.40 Å². The molecule has 0 bridgehead atoms. The molecule has 0 aliphatic rings. The molecule has 0 unspecified atom stereocenters. The molecule has 0 atom stereocenters. The summed E-state index contributed by atoms with van der Waals surface area (Å²) in [6.45, 7) is 2.01. The summed E-state index contributed by atoms with van der Waals surface area (Å²) in [4.78, 5) is 9.50. The average molecular weight is 412 g/mol. The van der Waals surface area contributed by atoms with Gasteiger partial charge in [-0.05, 0) is 42.3 Å². The van der Waals surface area contributed by atoms with E-state index in [-0.39, 0.29) is 0 Å². The van der Waals surface area contributed by atoms with Gasteiger partial charge in [0.05, 0.1) is 5.69 Å². The van der Waals surface area contributed by atoms with Crippen molar-refractivity contribution in [2.24, 2.45) is 0 Å². The summed E-state index contributed by atoms with van der Waals surface area (Å²) in [5, 5.41) is 2.28. The minimum Gasteiger partial charge on any atom is -0.456 e. The Balaban J connectivity index is 1.38. The van der Waals surface area contributed by atoms with Crippen molar-refractivity contribution in [1.82, 2.24) is 9.97 Å². The Morgan fingerprint density at radius 2 is 1.22 bits per heavy atom. The highest BCUT2D eigenvalue weighted by Gasteiger charge is 2.10. The average Bonchev–Trinajstić information content (AvgIpc) is 3.22. The molecule has 6 aromatic rings. The highest BCUT2D eigenvalue weighted by atomic mass is 16.3. The Hall–Kier alpha value is -4.24. The summed E-state index contributed by atoms with van der Waals surface area (Å²) in [7, 11) is 0. The summed E-state index contributed by atoms with van der Waals surface area (Å²) in [5.74, 6) is 0.742. The highest BCUT2D eigenvalue weighted by Crippen LogP contribution is 2.33. The van der Waals surface area contributed by atoms with Gasteiger partial charge in [-0.25, -0.2) is 9.97 Å². The van der Waals surface area contributed by atoms with Crippen LogP contribution in [0.3, 0.4) is 0 Å². The molecule has 0 amide bonds. The zero-order valence-corrected chi connectivity index (χ0v) is 17.6. The molecule has 32 heavy (non-hydrogen) atoms. The number of aromatic nitrogens is 2. The highest BCUT2D eigenvalue weighted by molar-refractivity contribution is 6.06. The first-order valence-electron chi connectivity index (χ1n) is 10.7. The number of hydrogen-bond donors (Lipinski definition) is 0. The van der Waals surface area contributed by atoms with Crippen molar-refractivity contribution in [3.63, 3.8) is 0 Å². The van der Waals surface area contributed by atoms with Crippen LogP contribution in [0.15, 0.2) is 108 Å². The lowest BCUT2D eigenvalue weighted by atomic mass is 10.0. The van der Waals surface area contributed by atoms with Crippen LogP contribution in [0.25, 0.3) is 55.7 Å². The van der Waals surface area contributed by atoms with Crippen molar-refractivity contribution in [3.05, 3.63) is 109 Å². The number of fused-ring (bicyclic) bond motifs is 3. The molecule has 2 aromatic heterocycles. The molecule has 0 saturated carbocycles. The van der Waals surface area contributed by atoms with Gasteiger partial charge in [0.15, 0.2) is 5.82 Å². The Morgan fingerprint density at radius 3 is 2.06 bits per heavy atom. The van der Waals surface area contributed by atoms with E-state index in [1.807, 2.05) is 55.5 Å². The van der Waals surface area contributed by atoms with E-state index in [2.05, 4.69) is 59.6 Å². The third-order valence-corrected chi connectivity index (χ3v) is 5.78. The standard InChI is InChI=1S/C29H20N2O/c1-19-17-26(21-7-3-2-4-8-21)31-29(30-19)22-13-11-20(12-14-22)23-15-16-28-25(18-23)24-9-5-6-10-27(24)32-28/h2-18H,1H3. The Bertz CT molecular complexity index is 1560. The first-order chi connectivity index (χ1) is 15.7. The lowest BCUT2D eigenvalue weighted by molar-refractivity contribution is 0.669. The van der Waals surface area contributed by atoms with Gasteiger partial charge in [0.25, 0.3) is 0 Å². The van der Waals surface area contributed by atoms with Crippen molar-refractivity contribution in [2.75, 3.05) is 0 Å². The second-order valence-electron chi connectivity index (χ2n) is 7.97. The van der Waals surface area contributed by atoms with Crippen molar-refractivity contribution in [1.29, 1.82) is 0 Å². The molecule has 0 radical (unpaired) electrons. The smallest absolute Gasteiger partial charge is 0.160 e. The van der Waals surface area contributed by atoms with Gasteiger partial charge in [-0.1, -0.05) is 78.9 Å². The van der Waals surface area contributed by atoms with Crippen molar-refractivity contribution in [2.45, 2.75) is 6.92 Å². The third-order valence-electron chi connectivity index (χ3n) is 5.78. The van der Waals surface area contributed by atoms with Crippen LogP contribution in [-0.2, 0) is 0 Å². The number of benzene rings is 4. The first-order valence-corrected chi connectivity index (χ1v) is 10.7. The quantitative estimate of drug-likeness (QED) is 0.299. The summed E-state index contributed by atoms with van der Waals surface area (Å²) in [6.07, 6.45) is 0. The molecule has 0 aliphatic carbocycles. The van der Waals surface area contributed by atoms with E-state index in [1.165, 1.54) is 0 Å². The maximum Gasteiger partial charge on any atom is 0.160 e. The molecule has 2 heterocycles. The van der Waals surface area contributed by atoms with E-state index in [1.54, 1.807) is 0 Å². The van der Waals surface area contributed by atoms with Gasteiger partial charge in [-0.3, -0.25) is 0 Å². The van der Waals surface area contributed by atoms with E-state index in [0.717, 1.165) is 61.4 Å². The Labute approximate surface area is 186 Å². The van der Waals surface area contributed by atoms with Gasteiger partial charge in [-0.2, -0.15) is 0 Å². The molecule has 152 valence electrons. The van der Waals surface area contributed by atoms with Crippen LogP contribution in [-0.4, -0.2) is 9.97 Å². The molecular formula is C29H20N2O. The zero-order chi connectivity index (χ0) is 21.5. The van der Waals surface area contributed by atoms with Crippen LogP contribution in [0.1, 0.15) is 5.69 Å². The molecule has 0 spiro atoms. The van der Waals surface area contributed by atoms with Gasteiger partial charge in [0.1, 0.15) is 11.2 Å². The van der Waals surface area contributed by atoms with Gasteiger partial charge < -0.3 is 4.42 Å². The third kappa shape index (κ3) is 3.25. The maximum atomic E-state index is 5.96. The maximum absolute atomic E-state index is 5.96. The lowest BCUT2D eigenvalue weighted by Crippen LogP contribution is -1.95. The second-order valence-corrected chi connectivity index (χ2v) is 7.97. The predicted octanol–water partition coefficient (Wildman–Crippen LogP) is 7.69. The number of aryl methyl sites for hydroxylation is 1. The lowest BCUT2D eigenvalue weighted by Gasteiger charge is -2.08. The van der Waals surface area contributed by atoms with Gasteiger partial charge in [-0.15, -0.1) is 0 Å². The van der Waals surface area contributed by atoms with Crippen molar-refractivity contribution < 1.29 is 4.42 Å². The monoisotopic (exact) mass is 412 g/mol. The topological polar surface area (TPSA) is 38.9 Å². The van der Waals surface area contributed by atoms with Crippen molar-refractivity contribution >= 4 is 21.9 Å². The van der Waals surface area contributed by atoms with Crippen molar-refractivity contribution in [3.8, 4) is 33.8 Å². The summed E-state index contributed by atoms with van der Waals surface area (Å²) in [5.41, 5.74) is 8.13. The number of hydrogen-bond acceptors (Lipinski definition) is 3. The normalized spacial score (nSPS) is 11.3. The molecule has 0 saturated heterocycles. The molecule has 4 aromatic carbocycles. The van der Waals surface area contributed by atoms with Gasteiger partial charge in [0.2, 0.25) is 0 Å². The van der Waals surface area contributed by atoms with E-state index >= 15 is 0 Å². The Kier molecular flexibility index (Phi) is 4.32. The molecule has 3 nitrogen and oxygen atoms in total. The molecule has 6 rings (SSSR count). The summed E-state index contributed by atoms with van der Waals surface area (Å²) >= 11 is 0. The molecular weight excluding hydrogens is 392 g/mol. The molecule has 0 N–H and O–H groups in total. The van der Waals surface area contributed by atoms with E-state index in [0.29, 0.717) is 0 Å². The molecule has 3 heteroatoms. The number of rotatable bonds is 3. The minimum atomic E-state index is 0.742. The van der Waals surface area contributed by atoms with E-state index < -0.39 is 0 Å². The van der Waals surface area contributed by atoms with Crippen LogP contribution in [0.5, 0.6) is 0 Å². The number of furan rings is 1. The molecule has 0 aliphatic heterocycles. The SMILES string of the molecule is Cc1cc(-c2ccccc2)nc(-c2ccc(-c3ccc4oc5ccccc5c4c3)cc2)n1. The Morgan fingerprint density at radius 1 is 0.531 bits per heavy atom. The number of nitrogens with zero attached hydrogens (tertiary/aromatic N) is 2. The van der Waals surface area contributed by atoms with Crippen LogP contribution in [0, 0.1) is 6.92 Å². The fourth-order valence-electron chi connectivity index (χ4n) is 4.17. The second kappa shape index (κ2) is 7.47. The van der Waals surface area contributed by atoms with Gasteiger partial charge >= 0.3 is 0 Å². The number of para-hydroxylation sites is 1. The van der Waals surface area contributed by atoms with Crippen LogP contribution in [0.2, 0.25) is 0 Å². The predicted molar refractivity (Wildman–Crippen MR) is 130 cm³/mol. The first kappa shape index (κ1) is 18.5. The minimum absolute atomic E-state index is 0.742.